The van der Waals surface area contributed by atoms with Crippen LogP contribution in [-0.2, 0) is 9.59 Å². The molecule has 1 atom stereocenters. The van der Waals surface area contributed by atoms with Crippen LogP contribution in [-0.4, -0.2) is 18.4 Å². The number of esters is 1. The Balaban J connectivity index is 1.75. The number of ether oxygens (including phenoxy) is 1. The predicted molar refractivity (Wildman–Crippen MR) is 89.0 cm³/mol. The molecule has 1 fully saturated rings. The molecule has 1 heterocycles. The normalized spacial score (nSPS) is 17.2. The quantitative estimate of drug-likeness (QED) is 0.606. The molecule has 0 spiro atoms. The van der Waals surface area contributed by atoms with Crippen LogP contribution >= 0.6 is 23.2 Å². The maximum absolute atomic E-state index is 13.8. The van der Waals surface area contributed by atoms with Gasteiger partial charge < -0.3 is 9.64 Å². The van der Waals surface area contributed by atoms with Crippen molar-refractivity contribution in [3.8, 4) is 5.75 Å². The van der Waals surface area contributed by atoms with Gasteiger partial charge in [-0.15, -0.1) is 0 Å². The molecule has 24 heavy (non-hydrogen) atoms. The Kier molecular flexibility index (Phi) is 4.73. The Morgan fingerprint density at radius 1 is 1.17 bits per heavy atom. The summed E-state index contributed by atoms with van der Waals surface area (Å²) in [6, 6.07) is 10.6. The topological polar surface area (TPSA) is 46.6 Å². The van der Waals surface area contributed by atoms with Crippen LogP contribution in [0.5, 0.6) is 5.75 Å². The lowest BCUT2D eigenvalue weighted by atomic mass is 10.1. The molecule has 0 unspecified atom stereocenters. The fraction of sp³-hybridized carbons (Fsp3) is 0.176. The second kappa shape index (κ2) is 6.79. The molecule has 0 bridgehead atoms. The third-order valence-electron chi connectivity index (χ3n) is 3.73. The lowest BCUT2D eigenvalue weighted by Crippen LogP contribution is -2.28. The molecule has 0 radical (unpaired) electrons. The zero-order valence-corrected chi connectivity index (χ0v) is 13.9. The van der Waals surface area contributed by atoms with Crippen molar-refractivity contribution >= 4 is 40.8 Å². The van der Waals surface area contributed by atoms with E-state index in [2.05, 4.69) is 0 Å². The van der Waals surface area contributed by atoms with Crippen molar-refractivity contribution in [1.29, 1.82) is 0 Å². The van der Waals surface area contributed by atoms with Gasteiger partial charge in [0.05, 0.1) is 16.6 Å². The molecule has 1 saturated heterocycles. The fourth-order valence-corrected chi connectivity index (χ4v) is 2.85. The van der Waals surface area contributed by atoms with Gasteiger partial charge >= 0.3 is 5.97 Å². The average Bonchev–Trinajstić information content (AvgIpc) is 2.94. The summed E-state index contributed by atoms with van der Waals surface area (Å²) in [5, 5.41) is 0.389. The van der Waals surface area contributed by atoms with Crippen molar-refractivity contribution in [1.82, 2.24) is 0 Å². The van der Waals surface area contributed by atoms with E-state index in [0.29, 0.717) is 0 Å². The van der Waals surface area contributed by atoms with Gasteiger partial charge in [0.1, 0.15) is 10.8 Å². The van der Waals surface area contributed by atoms with Gasteiger partial charge in [-0.05, 0) is 24.3 Å². The van der Waals surface area contributed by atoms with Crippen molar-refractivity contribution in [3.05, 3.63) is 58.3 Å². The minimum atomic E-state index is -0.702. The monoisotopic (exact) mass is 367 g/mol. The molecule has 0 aliphatic carbocycles. The number of benzene rings is 2. The number of rotatable bonds is 3. The maximum atomic E-state index is 13.8. The van der Waals surface area contributed by atoms with Crippen molar-refractivity contribution in [2.24, 2.45) is 5.92 Å². The molecular weight excluding hydrogens is 356 g/mol. The summed E-state index contributed by atoms with van der Waals surface area (Å²) in [5.74, 6) is -2.03. The molecule has 0 saturated carbocycles. The van der Waals surface area contributed by atoms with Crippen LogP contribution in [0.15, 0.2) is 42.5 Å². The summed E-state index contributed by atoms with van der Waals surface area (Å²) in [5.41, 5.74) is 0.151. The van der Waals surface area contributed by atoms with E-state index in [1.165, 1.54) is 29.2 Å². The molecule has 7 heteroatoms. The standard InChI is InChI=1S/C17H12Cl2FNO3/c18-11-4-3-7-14(16(11)19)24-17(23)10-8-15(22)21(9-10)13-6-2-1-5-12(13)20/h1-7,10H,8-9H2/t10-/m1/s1. The summed E-state index contributed by atoms with van der Waals surface area (Å²) >= 11 is 11.9. The molecule has 124 valence electrons. The third-order valence-corrected chi connectivity index (χ3v) is 4.53. The SMILES string of the molecule is O=C(Oc1cccc(Cl)c1Cl)[C@@H]1CC(=O)N(c2ccccc2F)C1. The summed E-state index contributed by atoms with van der Waals surface area (Å²) < 4.78 is 19.1. The molecule has 3 rings (SSSR count). The van der Waals surface area contributed by atoms with Gasteiger partial charge in [0.25, 0.3) is 0 Å². The van der Waals surface area contributed by atoms with Crippen molar-refractivity contribution in [2.75, 3.05) is 11.4 Å². The summed E-state index contributed by atoms with van der Waals surface area (Å²) in [6.07, 6.45) is -0.0502. The first kappa shape index (κ1) is 16.7. The number of amides is 1. The Hall–Kier alpha value is -2.11. The number of para-hydroxylation sites is 1. The first-order valence-corrected chi connectivity index (χ1v) is 7.93. The molecule has 0 aromatic heterocycles. The van der Waals surface area contributed by atoms with Crippen LogP contribution in [0, 0.1) is 11.7 Å². The van der Waals surface area contributed by atoms with E-state index in [9.17, 15) is 14.0 Å². The second-order valence-corrected chi connectivity index (χ2v) is 6.12. The van der Waals surface area contributed by atoms with E-state index in [1.807, 2.05) is 0 Å². The van der Waals surface area contributed by atoms with Gasteiger partial charge in [0.2, 0.25) is 5.91 Å². The highest BCUT2D eigenvalue weighted by Gasteiger charge is 2.37. The van der Waals surface area contributed by atoms with Crippen molar-refractivity contribution in [2.45, 2.75) is 6.42 Å². The lowest BCUT2D eigenvalue weighted by molar-refractivity contribution is -0.139. The maximum Gasteiger partial charge on any atom is 0.316 e. The van der Waals surface area contributed by atoms with Gasteiger partial charge in [-0.3, -0.25) is 9.59 Å². The average molecular weight is 368 g/mol. The van der Waals surface area contributed by atoms with Gasteiger partial charge in [0.15, 0.2) is 5.75 Å². The highest BCUT2D eigenvalue weighted by atomic mass is 35.5. The largest absolute Gasteiger partial charge is 0.425 e. The number of nitrogens with zero attached hydrogens (tertiary/aromatic N) is 1. The molecule has 4 nitrogen and oxygen atoms in total. The molecule has 1 amide bonds. The van der Waals surface area contributed by atoms with Gasteiger partial charge in [0, 0.05) is 13.0 Å². The Morgan fingerprint density at radius 3 is 2.67 bits per heavy atom. The van der Waals surface area contributed by atoms with E-state index in [1.54, 1.807) is 18.2 Å². The van der Waals surface area contributed by atoms with Crippen LogP contribution in [0.3, 0.4) is 0 Å². The van der Waals surface area contributed by atoms with E-state index >= 15 is 0 Å². The molecule has 1 aliphatic rings. The number of carbonyl (C=O) groups is 2. The van der Waals surface area contributed by atoms with Gasteiger partial charge in [-0.25, -0.2) is 4.39 Å². The summed E-state index contributed by atoms with van der Waals surface area (Å²) in [4.78, 5) is 25.7. The van der Waals surface area contributed by atoms with E-state index < -0.39 is 17.7 Å². The van der Waals surface area contributed by atoms with E-state index in [0.717, 1.165) is 0 Å². The Morgan fingerprint density at radius 2 is 1.92 bits per heavy atom. The zero-order chi connectivity index (χ0) is 17.3. The molecule has 1 aliphatic heterocycles. The lowest BCUT2D eigenvalue weighted by Gasteiger charge is -2.17. The number of carbonyl (C=O) groups excluding carboxylic acids is 2. The fourth-order valence-electron chi connectivity index (χ4n) is 2.52. The Labute approximate surface area is 147 Å². The smallest absolute Gasteiger partial charge is 0.316 e. The number of anilines is 1. The minimum Gasteiger partial charge on any atom is -0.425 e. The van der Waals surface area contributed by atoms with E-state index in [4.69, 9.17) is 27.9 Å². The first-order chi connectivity index (χ1) is 11.5. The Bertz CT molecular complexity index is 812. The number of hydrogen-bond acceptors (Lipinski definition) is 3. The number of hydrogen-bond donors (Lipinski definition) is 0. The van der Waals surface area contributed by atoms with Crippen LogP contribution < -0.4 is 9.64 Å². The van der Waals surface area contributed by atoms with E-state index in [-0.39, 0.29) is 40.4 Å². The van der Waals surface area contributed by atoms with Crippen LogP contribution in [0.4, 0.5) is 10.1 Å². The summed E-state index contributed by atoms with van der Waals surface area (Å²) in [7, 11) is 0. The summed E-state index contributed by atoms with van der Waals surface area (Å²) in [6.45, 7) is 0.0524. The highest BCUT2D eigenvalue weighted by molar-refractivity contribution is 6.43. The second-order valence-electron chi connectivity index (χ2n) is 5.33. The minimum absolute atomic E-state index is 0.0502. The zero-order valence-electron chi connectivity index (χ0n) is 12.3. The number of halogens is 3. The van der Waals surface area contributed by atoms with Crippen molar-refractivity contribution in [3.63, 3.8) is 0 Å². The van der Waals surface area contributed by atoms with Gasteiger partial charge in [-0.2, -0.15) is 0 Å². The van der Waals surface area contributed by atoms with Crippen LogP contribution in [0.2, 0.25) is 10.0 Å². The highest BCUT2D eigenvalue weighted by Crippen LogP contribution is 2.33. The molecule has 2 aromatic rings. The molecule has 2 aromatic carbocycles. The molecular formula is C17H12Cl2FNO3. The predicted octanol–water partition coefficient (Wildman–Crippen LogP) is 4.09. The van der Waals surface area contributed by atoms with Crippen LogP contribution in [0.25, 0.3) is 0 Å². The molecule has 0 N–H and O–H groups in total. The first-order valence-electron chi connectivity index (χ1n) is 7.18. The van der Waals surface area contributed by atoms with Crippen molar-refractivity contribution < 1.29 is 18.7 Å². The van der Waals surface area contributed by atoms with Gasteiger partial charge in [-0.1, -0.05) is 41.4 Å². The van der Waals surface area contributed by atoms with Crippen LogP contribution in [0.1, 0.15) is 6.42 Å². The third kappa shape index (κ3) is 3.23.